The number of hydrogen-bond donors (Lipinski definition) is 14. The number of benzene rings is 1. The Morgan fingerprint density at radius 2 is 1.11 bits per heavy atom. The van der Waals surface area contributed by atoms with E-state index in [0.717, 1.165) is 0 Å². The van der Waals surface area contributed by atoms with Gasteiger partial charge in [-0.3, -0.25) is 38.4 Å². The third kappa shape index (κ3) is 17.7. The minimum atomic E-state index is -1.56. The summed E-state index contributed by atoms with van der Waals surface area (Å²) < 4.78 is 0. The molecule has 1 saturated heterocycles. The second-order valence-corrected chi connectivity index (χ2v) is 15.4. The Morgan fingerprint density at radius 1 is 0.656 bits per heavy atom. The van der Waals surface area contributed by atoms with Crippen LogP contribution in [-0.2, 0) is 44.8 Å². The van der Waals surface area contributed by atoms with E-state index < -0.39 is 102 Å². The van der Waals surface area contributed by atoms with Gasteiger partial charge in [0.25, 0.3) is 0 Å². The molecule has 1 aliphatic rings. The molecular formula is C39H67N13O9. The number of nitrogens with one attached hydrogen (secondary N) is 8. The van der Waals surface area contributed by atoms with Crippen LogP contribution in [0.4, 0.5) is 0 Å². The largest absolute Gasteiger partial charge is 0.391 e. The summed E-state index contributed by atoms with van der Waals surface area (Å²) in [6.07, 6.45) is -1.86. The molecule has 0 aliphatic carbocycles. The molecule has 1 aromatic carbocycles. The SMILES string of the molecule is CC(C)CC1NC(=O)C(Cc2ccccc2)NC(=O)[C@H](CCN)NC(=O)C(NC(=O)[C@@H](N)CCN)CCNC(=O)[C@H]([C@@H](C)O)NC(=O)[C@H](CCN)NC(=O)C(CCN)NC1=O. The summed E-state index contributed by atoms with van der Waals surface area (Å²) in [6.45, 7) is 4.41. The van der Waals surface area contributed by atoms with Gasteiger partial charge in [-0.15, -0.1) is 0 Å². The van der Waals surface area contributed by atoms with Crippen molar-refractivity contribution in [2.24, 2.45) is 34.6 Å². The molecule has 0 spiro atoms. The molecule has 1 aliphatic heterocycles. The second kappa shape index (κ2) is 26.8. The quantitative estimate of drug-likeness (QED) is 0.0782. The first-order valence-electron chi connectivity index (χ1n) is 20.6. The third-order valence-corrected chi connectivity index (χ3v) is 9.76. The molecule has 22 nitrogen and oxygen atoms in total. The molecule has 0 bridgehead atoms. The van der Waals surface area contributed by atoms with Crippen LogP contribution in [0.5, 0.6) is 0 Å². The van der Waals surface area contributed by atoms with E-state index in [-0.39, 0.29) is 83.6 Å². The van der Waals surface area contributed by atoms with Crippen LogP contribution in [0.15, 0.2) is 30.3 Å². The molecule has 1 fully saturated rings. The molecule has 1 aromatic rings. The van der Waals surface area contributed by atoms with Gasteiger partial charge in [0.2, 0.25) is 47.3 Å². The molecule has 1 heterocycles. The molecule has 61 heavy (non-hydrogen) atoms. The van der Waals surface area contributed by atoms with Gasteiger partial charge in [0.05, 0.1) is 12.1 Å². The smallest absolute Gasteiger partial charge is 0.245 e. The number of carbonyl (C=O) groups is 8. The third-order valence-electron chi connectivity index (χ3n) is 9.76. The van der Waals surface area contributed by atoms with Gasteiger partial charge >= 0.3 is 0 Å². The van der Waals surface area contributed by atoms with Crippen molar-refractivity contribution < 1.29 is 43.5 Å². The molecular weight excluding hydrogens is 795 g/mol. The van der Waals surface area contributed by atoms with Gasteiger partial charge in [-0.2, -0.15) is 0 Å². The zero-order valence-electron chi connectivity index (χ0n) is 35.2. The van der Waals surface area contributed by atoms with Gasteiger partial charge < -0.3 is 76.3 Å². The van der Waals surface area contributed by atoms with Gasteiger partial charge in [0.15, 0.2) is 0 Å². The van der Waals surface area contributed by atoms with Gasteiger partial charge in [0.1, 0.15) is 42.3 Å². The molecule has 0 aromatic heterocycles. The Bertz CT molecular complexity index is 1620. The monoisotopic (exact) mass is 862 g/mol. The number of aliphatic hydroxyl groups is 1. The lowest BCUT2D eigenvalue weighted by Crippen LogP contribution is -2.61. The van der Waals surface area contributed by atoms with Gasteiger partial charge in [0, 0.05) is 13.0 Å². The fraction of sp³-hybridized carbons (Fsp3) is 0.641. The number of rotatable bonds is 15. The average Bonchev–Trinajstić information content (AvgIpc) is 3.20. The van der Waals surface area contributed by atoms with Crippen molar-refractivity contribution in [1.82, 2.24) is 42.5 Å². The Balaban J connectivity index is 2.69. The fourth-order valence-corrected chi connectivity index (χ4v) is 6.40. The maximum atomic E-state index is 14.1. The van der Waals surface area contributed by atoms with E-state index in [2.05, 4.69) is 42.5 Å². The van der Waals surface area contributed by atoms with Crippen molar-refractivity contribution in [3.8, 4) is 0 Å². The second-order valence-electron chi connectivity index (χ2n) is 15.4. The minimum absolute atomic E-state index is 0.0363. The summed E-state index contributed by atoms with van der Waals surface area (Å²) in [5.74, 6) is -6.64. The molecule has 4 unspecified atom stereocenters. The first kappa shape index (κ1) is 51.9. The van der Waals surface area contributed by atoms with E-state index >= 15 is 0 Å². The molecule has 19 N–H and O–H groups in total. The zero-order chi connectivity index (χ0) is 45.6. The number of amides is 8. The van der Waals surface area contributed by atoms with E-state index in [9.17, 15) is 43.5 Å². The van der Waals surface area contributed by atoms with E-state index in [0.29, 0.717) is 5.56 Å². The molecule has 0 radical (unpaired) electrons. The van der Waals surface area contributed by atoms with E-state index in [4.69, 9.17) is 28.7 Å². The normalized spacial score (nSPS) is 25.4. The molecule has 0 saturated carbocycles. The highest BCUT2D eigenvalue weighted by Gasteiger charge is 2.35. The van der Waals surface area contributed by atoms with Gasteiger partial charge in [-0.25, -0.2) is 0 Å². The fourth-order valence-electron chi connectivity index (χ4n) is 6.40. The Kier molecular flexibility index (Phi) is 22.8. The van der Waals surface area contributed by atoms with Gasteiger partial charge in [-0.05, 0) is 83.1 Å². The Labute approximate surface area is 356 Å². The van der Waals surface area contributed by atoms with Crippen molar-refractivity contribution in [3.63, 3.8) is 0 Å². The Morgan fingerprint density at radius 3 is 1.61 bits per heavy atom. The van der Waals surface area contributed by atoms with Crippen LogP contribution in [-0.4, -0.2) is 140 Å². The summed E-state index contributed by atoms with van der Waals surface area (Å²) in [4.78, 5) is 109. The van der Waals surface area contributed by atoms with Crippen LogP contribution in [0.1, 0.15) is 64.9 Å². The number of nitrogens with two attached hydrogens (primary N) is 5. The van der Waals surface area contributed by atoms with Crippen LogP contribution in [0.2, 0.25) is 0 Å². The number of aliphatic hydroxyl groups excluding tert-OH is 1. The van der Waals surface area contributed by atoms with Crippen LogP contribution >= 0.6 is 0 Å². The number of carbonyl (C=O) groups excluding carboxylic acids is 8. The average molecular weight is 862 g/mol. The van der Waals surface area contributed by atoms with Crippen LogP contribution in [0.3, 0.4) is 0 Å². The standard InChI is InChI=1S/C39H67N13O9/c1-21(2)19-29-37(59)49-25(10-15-41)33(55)48-27(12-17-43)36(58)52-31(22(3)53)39(61)45-18-13-28(46-32(54)24(44)9-14-40)35(57)47-26(11-16-42)34(56)51-30(38(60)50-29)20-23-7-5-4-6-8-23/h4-8,21-22,24-31,53H,9-20,40-44H2,1-3H3,(H,45,61)(H,46,54)(H,47,57)(H,48,55)(H,49,59)(H,50,60)(H,51,56)(H,52,58)/t22-,24+,25?,26+,27+,28?,29?,30?,31+/m1/s1. The summed E-state index contributed by atoms with van der Waals surface area (Å²) in [6, 6.07) is -1.80. The maximum absolute atomic E-state index is 14.1. The Hall–Kier alpha value is -5.26. The van der Waals surface area contributed by atoms with Crippen LogP contribution in [0, 0.1) is 5.92 Å². The van der Waals surface area contributed by atoms with Gasteiger partial charge in [-0.1, -0.05) is 44.2 Å². The lowest BCUT2D eigenvalue weighted by Gasteiger charge is -2.28. The maximum Gasteiger partial charge on any atom is 0.245 e. The minimum Gasteiger partial charge on any atom is -0.391 e. The molecule has 9 atom stereocenters. The number of hydrogen-bond acceptors (Lipinski definition) is 14. The predicted molar refractivity (Wildman–Crippen MR) is 225 cm³/mol. The zero-order valence-corrected chi connectivity index (χ0v) is 35.2. The summed E-state index contributed by atoms with van der Waals surface area (Å²) in [5.41, 5.74) is 29.6. The summed E-state index contributed by atoms with van der Waals surface area (Å²) in [5, 5.41) is 31.2. The predicted octanol–water partition coefficient (Wildman–Crippen LogP) is -5.71. The highest BCUT2D eigenvalue weighted by Crippen LogP contribution is 2.10. The first-order chi connectivity index (χ1) is 28.9. The van der Waals surface area contributed by atoms with Crippen LogP contribution in [0.25, 0.3) is 0 Å². The van der Waals surface area contributed by atoms with E-state index in [1.807, 2.05) is 13.8 Å². The van der Waals surface area contributed by atoms with Crippen molar-refractivity contribution in [1.29, 1.82) is 0 Å². The van der Waals surface area contributed by atoms with E-state index in [1.165, 1.54) is 6.92 Å². The summed E-state index contributed by atoms with van der Waals surface area (Å²) >= 11 is 0. The van der Waals surface area contributed by atoms with Crippen molar-refractivity contribution in [3.05, 3.63) is 35.9 Å². The molecule has 8 amide bonds. The van der Waals surface area contributed by atoms with Crippen molar-refractivity contribution in [2.75, 3.05) is 32.7 Å². The van der Waals surface area contributed by atoms with Crippen molar-refractivity contribution in [2.45, 2.75) is 120 Å². The first-order valence-corrected chi connectivity index (χ1v) is 20.6. The topological polar surface area (TPSA) is 383 Å². The van der Waals surface area contributed by atoms with Crippen molar-refractivity contribution >= 4 is 47.3 Å². The molecule has 22 heteroatoms. The van der Waals surface area contributed by atoms with E-state index in [1.54, 1.807) is 30.3 Å². The highest BCUT2D eigenvalue weighted by atomic mass is 16.3. The lowest BCUT2D eigenvalue weighted by molar-refractivity contribution is -0.136. The lowest BCUT2D eigenvalue weighted by atomic mass is 10.00. The summed E-state index contributed by atoms with van der Waals surface area (Å²) in [7, 11) is 0. The molecule has 2 rings (SSSR count). The van der Waals surface area contributed by atoms with Crippen LogP contribution < -0.4 is 71.2 Å². The highest BCUT2D eigenvalue weighted by molar-refractivity contribution is 5.98. The molecule has 342 valence electrons.